The fourth-order valence-electron chi connectivity index (χ4n) is 1.45. The topological polar surface area (TPSA) is 35.2 Å². The molecule has 0 spiro atoms. The van der Waals surface area contributed by atoms with Gasteiger partial charge in [0.15, 0.2) is 0 Å². The first kappa shape index (κ1) is 22.3. The molecule has 0 unspecified atom stereocenters. The van der Waals surface area contributed by atoms with E-state index >= 15 is 0 Å². The highest BCUT2D eigenvalue weighted by molar-refractivity contribution is 5.51. The number of nitrogens with two attached hydrogens (primary N) is 1. The highest BCUT2D eigenvalue weighted by Crippen LogP contribution is 2.18. The second-order valence-electron chi connectivity index (χ2n) is 3.69. The van der Waals surface area contributed by atoms with Crippen LogP contribution in [0.3, 0.4) is 0 Å². The molecule has 0 fully saturated rings. The molecule has 0 aliphatic carbocycles. The number of nitrogen functional groups attached to an aromatic ring is 1. The zero-order chi connectivity index (χ0) is 17.4. The van der Waals surface area contributed by atoms with Crippen molar-refractivity contribution in [2.75, 3.05) is 12.8 Å². The molecule has 0 atom stereocenters. The van der Waals surface area contributed by atoms with Crippen molar-refractivity contribution in [2.45, 2.75) is 41.0 Å². The van der Waals surface area contributed by atoms with Crippen molar-refractivity contribution < 1.29 is 9.13 Å². The van der Waals surface area contributed by atoms with Gasteiger partial charge in [-0.25, -0.2) is 4.39 Å². The minimum Gasteiger partial charge on any atom is -0.495 e. The Hall–Kier alpha value is -2.03. The Labute approximate surface area is 135 Å². The first-order valence-corrected chi connectivity index (χ1v) is 7.81. The van der Waals surface area contributed by atoms with Crippen molar-refractivity contribution >= 4 is 5.69 Å². The molecule has 22 heavy (non-hydrogen) atoms. The molecule has 2 aromatic rings. The average Bonchev–Trinajstić information content (AvgIpc) is 2.60. The van der Waals surface area contributed by atoms with Crippen molar-refractivity contribution in [1.82, 2.24) is 0 Å². The number of anilines is 1. The molecule has 2 aromatic carbocycles. The van der Waals surface area contributed by atoms with Crippen molar-refractivity contribution in [3.8, 4) is 5.75 Å². The van der Waals surface area contributed by atoms with Crippen LogP contribution in [0.15, 0.2) is 48.5 Å². The van der Waals surface area contributed by atoms with Gasteiger partial charge >= 0.3 is 0 Å². The van der Waals surface area contributed by atoms with Crippen LogP contribution in [0.25, 0.3) is 0 Å². The summed E-state index contributed by atoms with van der Waals surface area (Å²) in [5.74, 6) is 0.637. The molecule has 0 saturated heterocycles. The van der Waals surface area contributed by atoms with Gasteiger partial charge in [-0.2, -0.15) is 0 Å². The normalized spacial score (nSPS) is 8.14. The Morgan fingerprint density at radius 1 is 0.909 bits per heavy atom. The lowest BCUT2D eigenvalue weighted by Crippen LogP contribution is -1.89. The summed E-state index contributed by atoms with van der Waals surface area (Å²) in [6.07, 6.45) is 0.771. The summed E-state index contributed by atoms with van der Waals surface area (Å²) in [5, 5.41) is 0. The summed E-state index contributed by atoms with van der Waals surface area (Å²) in [6.45, 7) is 9.94. The minimum absolute atomic E-state index is 0.0972. The highest BCUT2D eigenvalue weighted by atomic mass is 19.1. The molecule has 0 amide bonds. The zero-order valence-electron chi connectivity index (χ0n) is 14.7. The fourth-order valence-corrected chi connectivity index (χ4v) is 1.45. The number of benzene rings is 2. The van der Waals surface area contributed by atoms with Gasteiger partial charge in [0, 0.05) is 0 Å². The zero-order valence-corrected chi connectivity index (χ0v) is 14.7. The van der Waals surface area contributed by atoms with Gasteiger partial charge in [0.2, 0.25) is 0 Å². The van der Waals surface area contributed by atoms with E-state index < -0.39 is 0 Å². The van der Waals surface area contributed by atoms with Gasteiger partial charge in [0.1, 0.15) is 11.6 Å². The standard InChI is InChI=1S/C8H9F.C7H9NO.2C2H6/c1-2-7-5-3-4-6-8(7)9;1-9-7-5-3-2-4-6(7)8;2*1-2/h3-6H,2H2,1H3;2-5H,8H2,1H3;2*1-2H3. The maximum atomic E-state index is 12.6. The summed E-state index contributed by atoms with van der Waals surface area (Å²) in [4.78, 5) is 0. The van der Waals surface area contributed by atoms with E-state index in [-0.39, 0.29) is 5.82 Å². The van der Waals surface area contributed by atoms with Gasteiger partial charge in [-0.1, -0.05) is 65.0 Å². The van der Waals surface area contributed by atoms with E-state index in [0.29, 0.717) is 5.69 Å². The third-order valence-corrected chi connectivity index (χ3v) is 2.48. The Kier molecular flexibility index (Phi) is 15.5. The van der Waals surface area contributed by atoms with Crippen LogP contribution in [0.5, 0.6) is 5.75 Å². The van der Waals surface area contributed by atoms with E-state index in [2.05, 4.69) is 0 Å². The molecule has 2 N–H and O–H groups in total. The molecule has 124 valence electrons. The molecule has 0 saturated carbocycles. The second-order valence-corrected chi connectivity index (χ2v) is 3.69. The van der Waals surface area contributed by atoms with Gasteiger partial charge in [-0.05, 0) is 30.2 Å². The van der Waals surface area contributed by atoms with Crippen molar-refractivity contribution in [3.05, 3.63) is 59.9 Å². The average molecular weight is 307 g/mol. The van der Waals surface area contributed by atoms with Gasteiger partial charge in [-0.3, -0.25) is 0 Å². The number of ether oxygens (including phenoxy) is 1. The summed E-state index contributed by atoms with van der Waals surface area (Å²) < 4.78 is 17.5. The number of rotatable bonds is 2. The Morgan fingerprint density at radius 2 is 1.41 bits per heavy atom. The van der Waals surface area contributed by atoms with E-state index in [1.54, 1.807) is 25.3 Å². The molecule has 0 aliphatic rings. The molecule has 2 rings (SSSR count). The molecule has 0 bridgehead atoms. The van der Waals surface area contributed by atoms with Crippen LogP contribution in [-0.2, 0) is 6.42 Å². The smallest absolute Gasteiger partial charge is 0.141 e. The lowest BCUT2D eigenvalue weighted by atomic mass is 10.2. The summed E-state index contributed by atoms with van der Waals surface area (Å²) in [6, 6.07) is 14.2. The summed E-state index contributed by atoms with van der Waals surface area (Å²) in [5.41, 5.74) is 6.98. The van der Waals surface area contributed by atoms with E-state index in [0.717, 1.165) is 17.7 Å². The molecule has 0 aliphatic heterocycles. The highest BCUT2D eigenvalue weighted by Gasteiger charge is 1.94. The van der Waals surface area contributed by atoms with Crippen LogP contribution in [0.1, 0.15) is 40.2 Å². The first-order chi connectivity index (χ1) is 10.7. The quantitative estimate of drug-likeness (QED) is 0.720. The Bertz CT molecular complexity index is 441. The number of para-hydroxylation sites is 2. The van der Waals surface area contributed by atoms with Crippen LogP contribution in [-0.4, -0.2) is 7.11 Å². The van der Waals surface area contributed by atoms with Gasteiger partial charge in [-0.15, -0.1) is 0 Å². The molecule has 0 heterocycles. The number of hydrogen-bond donors (Lipinski definition) is 1. The third kappa shape index (κ3) is 9.01. The Balaban J connectivity index is 0. The van der Waals surface area contributed by atoms with E-state index in [4.69, 9.17) is 10.5 Å². The van der Waals surface area contributed by atoms with Gasteiger partial charge in [0.05, 0.1) is 12.8 Å². The predicted octanol–water partition coefficient (Wildman–Crippen LogP) is 5.72. The van der Waals surface area contributed by atoms with Gasteiger partial charge in [0.25, 0.3) is 0 Å². The lowest BCUT2D eigenvalue weighted by Gasteiger charge is -2.00. The number of halogens is 1. The Morgan fingerprint density at radius 3 is 1.77 bits per heavy atom. The number of aryl methyl sites for hydroxylation is 1. The van der Waals surface area contributed by atoms with Crippen LogP contribution in [0, 0.1) is 5.82 Å². The maximum absolute atomic E-state index is 12.6. The first-order valence-electron chi connectivity index (χ1n) is 7.81. The largest absolute Gasteiger partial charge is 0.495 e. The predicted molar refractivity (Wildman–Crippen MR) is 95.9 cm³/mol. The second kappa shape index (κ2) is 15.4. The molecule has 2 nitrogen and oxygen atoms in total. The summed E-state index contributed by atoms with van der Waals surface area (Å²) >= 11 is 0. The monoisotopic (exact) mass is 307 g/mol. The summed E-state index contributed by atoms with van der Waals surface area (Å²) in [7, 11) is 1.60. The van der Waals surface area contributed by atoms with E-state index in [1.807, 2.05) is 58.9 Å². The van der Waals surface area contributed by atoms with Crippen molar-refractivity contribution in [3.63, 3.8) is 0 Å². The molecule has 0 aromatic heterocycles. The van der Waals surface area contributed by atoms with Crippen LogP contribution >= 0.6 is 0 Å². The van der Waals surface area contributed by atoms with Crippen molar-refractivity contribution in [1.29, 1.82) is 0 Å². The minimum atomic E-state index is -0.0972. The van der Waals surface area contributed by atoms with E-state index in [1.165, 1.54) is 6.07 Å². The fraction of sp³-hybridized carbons (Fsp3) is 0.368. The molecular formula is C19H30FNO. The molecule has 0 radical (unpaired) electrons. The van der Waals surface area contributed by atoms with Crippen molar-refractivity contribution in [2.24, 2.45) is 0 Å². The lowest BCUT2D eigenvalue weighted by molar-refractivity contribution is 0.417. The van der Waals surface area contributed by atoms with Crippen LogP contribution in [0.4, 0.5) is 10.1 Å². The van der Waals surface area contributed by atoms with Gasteiger partial charge < -0.3 is 10.5 Å². The molecule has 3 heteroatoms. The number of hydrogen-bond acceptors (Lipinski definition) is 2. The third-order valence-electron chi connectivity index (χ3n) is 2.48. The SMILES string of the molecule is CC.CC.CCc1ccccc1F.COc1ccccc1N. The molecular weight excluding hydrogens is 277 g/mol. The van der Waals surface area contributed by atoms with Crippen LogP contribution in [0.2, 0.25) is 0 Å². The van der Waals surface area contributed by atoms with Crippen LogP contribution < -0.4 is 10.5 Å². The van der Waals surface area contributed by atoms with E-state index in [9.17, 15) is 4.39 Å². The number of methoxy groups -OCH3 is 1. The maximum Gasteiger partial charge on any atom is 0.141 e.